The third kappa shape index (κ3) is 2.67. The van der Waals surface area contributed by atoms with Gasteiger partial charge in [-0.1, -0.05) is 11.3 Å². The molecule has 0 bridgehead atoms. The van der Waals surface area contributed by atoms with Crippen molar-refractivity contribution >= 4 is 26.5 Å². The Morgan fingerprint density at radius 2 is 2.31 bits per heavy atom. The molecule has 7 nitrogen and oxygen atoms in total. The van der Waals surface area contributed by atoms with Gasteiger partial charge < -0.3 is 10.5 Å². The lowest BCUT2D eigenvalue weighted by atomic mass is 10.1. The van der Waals surface area contributed by atoms with Crippen LogP contribution in [0.25, 0.3) is 0 Å². The number of nitrogen functional groups attached to an aromatic ring is 1. The van der Waals surface area contributed by atoms with Crippen molar-refractivity contribution in [3.8, 4) is 0 Å². The molecule has 1 unspecified atom stereocenters. The molecule has 1 aromatic heterocycles. The summed E-state index contributed by atoms with van der Waals surface area (Å²) in [5, 5.41) is 7.12. The second-order valence-electron chi connectivity index (χ2n) is 3.44. The molecule has 0 saturated carbocycles. The van der Waals surface area contributed by atoms with E-state index in [9.17, 15) is 8.42 Å². The van der Waals surface area contributed by atoms with Crippen LogP contribution in [0.3, 0.4) is 0 Å². The van der Waals surface area contributed by atoms with Gasteiger partial charge in [0, 0.05) is 12.6 Å². The molecule has 0 aromatic carbocycles. The highest BCUT2D eigenvalue weighted by Gasteiger charge is 2.25. The number of nitrogens with two attached hydrogens (primary N) is 1. The first-order valence-corrected chi connectivity index (χ1v) is 7.07. The second kappa shape index (κ2) is 4.62. The molecule has 0 aliphatic carbocycles. The smallest absolute Gasteiger partial charge is 0.270 e. The SMILES string of the molecule is Nc1nnc(S(=O)(=O)NC2CCCOC2)s1. The van der Waals surface area contributed by atoms with Crippen molar-refractivity contribution in [2.45, 2.75) is 23.2 Å². The fourth-order valence-electron chi connectivity index (χ4n) is 1.43. The van der Waals surface area contributed by atoms with E-state index >= 15 is 0 Å². The molecule has 0 amide bonds. The maximum atomic E-state index is 11.8. The summed E-state index contributed by atoms with van der Waals surface area (Å²) in [6.07, 6.45) is 1.62. The molecular formula is C7H12N4O3S2. The summed E-state index contributed by atoms with van der Waals surface area (Å²) in [7, 11) is -3.60. The van der Waals surface area contributed by atoms with Gasteiger partial charge in [0.2, 0.25) is 9.47 Å². The van der Waals surface area contributed by atoms with Crippen molar-refractivity contribution in [3.63, 3.8) is 0 Å². The molecule has 1 aromatic rings. The Balaban J connectivity index is 2.07. The van der Waals surface area contributed by atoms with Gasteiger partial charge in [-0.05, 0) is 12.8 Å². The van der Waals surface area contributed by atoms with Crippen molar-refractivity contribution in [3.05, 3.63) is 0 Å². The van der Waals surface area contributed by atoms with Crippen LogP contribution in [0.5, 0.6) is 0 Å². The number of aromatic nitrogens is 2. The van der Waals surface area contributed by atoms with E-state index in [1.165, 1.54) is 0 Å². The van der Waals surface area contributed by atoms with Gasteiger partial charge in [-0.25, -0.2) is 13.1 Å². The molecule has 9 heteroatoms. The van der Waals surface area contributed by atoms with Crippen LogP contribution in [0.15, 0.2) is 4.34 Å². The van der Waals surface area contributed by atoms with Crippen molar-refractivity contribution in [1.82, 2.24) is 14.9 Å². The number of anilines is 1. The molecule has 2 heterocycles. The van der Waals surface area contributed by atoms with E-state index < -0.39 is 10.0 Å². The van der Waals surface area contributed by atoms with Crippen LogP contribution in [-0.2, 0) is 14.8 Å². The first-order chi connectivity index (χ1) is 7.58. The van der Waals surface area contributed by atoms with Gasteiger partial charge in [0.25, 0.3) is 10.0 Å². The van der Waals surface area contributed by atoms with Crippen LogP contribution < -0.4 is 10.5 Å². The maximum Gasteiger partial charge on any atom is 0.270 e. The first kappa shape index (κ1) is 11.7. The van der Waals surface area contributed by atoms with E-state index in [0.717, 1.165) is 24.2 Å². The van der Waals surface area contributed by atoms with Crippen LogP contribution in [0.1, 0.15) is 12.8 Å². The minimum absolute atomic E-state index is 0.101. The van der Waals surface area contributed by atoms with Crippen LogP contribution in [0, 0.1) is 0 Å². The number of nitrogens with one attached hydrogen (secondary N) is 1. The van der Waals surface area contributed by atoms with E-state index in [2.05, 4.69) is 14.9 Å². The molecule has 1 aliphatic rings. The lowest BCUT2D eigenvalue weighted by molar-refractivity contribution is 0.0774. The van der Waals surface area contributed by atoms with Crippen molar-refractivity contribution in [1.29, 1.82) is 0 Å². The van der Waals surface area contributed by atoms with Gasteiger partial charge in [-0.15, -0.1) is 10.2 Å². The molecule has 0 radical (unpaired) electrons. The van der Waals surface area contributed by atoms with Gasteiger partial charge in [0.15, 0.2) is 0 Å². The molecule has 1 aliphatic heterocycles. The number of hydrogen-bond acceptors (Lipinski definition) is 7. The Hall–Kier alpha value is -0.770. The predicted octanol–water partition coefficient (Wildman–Crippen LogP) is -0.422. The first-order valence-electron chi connectivity index (χ1n) is 4.77. The third-order valence-electron chi connectivity index (χ3n) is 2.13. The summed E-state index contributed by atoms with van der Waals surface area (Å²) in [5.74, 6) is 0. The second-order valence-corrected chi connectivity index (χ2v) is 6.34. The molecule has 90 valence electrons. The Labute approximate surface area is 97.1 Å². The zero-order valence-electron chi connectivity index (χ0n) is 8.42. The standard InChI is InChI=1S/C7H12N4O3S2/c8-6-9-10-7(15-6)16(12,13)11-5-2-1-3-14-4-5/h5,11H,1-4H2,(H2,8,9). The molecule has 3 N–H and O–H groups in total. The van der Waals surface area contributed by atoms with Crippen LogP contribution in [-0.4, -0.2) is 37.9 Å². The molecule has 16 heavy (non-hydrogen) atoms. The number of rotatable bonds is 3. The fraction of sp³-hybridized carbons (Fsp3) is 0.714. The Bertz CT molecular complexity index is 452. The van der Waals surface area contributed by atoms with Crippen molar-refractivity contribution < 1.29 is 13.2 Å². The maximum absolute atomic E-state index is 11.8. The quantitative estimate of drug-likeness (QED) is 0.767. The molecule has 1 saturated heterocycles. The van der Waals surface area contributed by atoms with E-state index in [0.29, 0.717) is 13.2 Å². The summed E-state index contributed by atoms with van der Waals surface area (Å²) >= 11 is 0.848. The lowest BCUT2D eigenvalue weighted by Gasteiger charge is -2.22. The summed E-state index contributed by atoms with van der Waals surface area (Å²) in [4.78, 5) is 0. The van der Waals surface area contributed by atoms with Crippen LogP contribution in [0.2, 0.25) is 0 Å². The zero-order valence-corrected chi connectivity index (χ0v) is 10.1. The Morgan fingerprint density at radius 3 is 2.88 bits per heavy atom. The monoisotopic (exact) mass is 264 g/mol. The van der Waals surface area contributed by atoms with E-state index in [1.54, 1.807) is 0 Å². The summed E-state index contributed by atoms with van der Waals surface area (Å²) in [6, 6.07) is -0.191. The largest absolute Gasteiger partial charge is 0.380 e. The summed E-state index contributed by atoms with van der Waals surface area (Å²) < 4.78 is 31.2. The lowest BCUT2D eigenvalue weighted by Crippen LogP contribution is -2.40. The summed E-state index contributed by atoms with van der Waals surface area (Å²) in [5.41, 5.74) is 5.34. The number of hydrogen-bond donors (Lipinski definition) is 2. The van der Waals surface area contributed by atoms with E-state index in [1.807, 2.05) is 0 Å². The normalized spacial score (nSPS) is 22.1. The average molecular weight is 264 g/mol. The van der Waals surface area contributed by atoms with Crippen LogP contribution in [0.4, 0.5) is 5.13 Å². The number of sulfonamides is 1. The molecule has 0 spiro atoms. The van der Waals surface area contributed by atoms with Gasteiger partial charge in [-0.3, -0.25) is 0 Å². The average Bonchev–Trinajstić information content (AvgIpc) is 2.66. The number of ether oxygens (including phenoxy) is 1. The van der Waals surface area contributed by atoms with Gasteiger partial charge >= 0.3 is 0 Å². The molecule has 2 rings (SSSR count). The van der Waals surface area contributed by atoms with Crippen molar-refractivity contribution in [2.75, 3.05) is 18.9 Å². The van der Waals surface area contributed by atoms with E-state index in [4.69, 9.17) is 10.5 Å². The third-order valence-corrected chi connectivity index (χ3v) is 4.77. The highest BCUT2D eigenvalue weighted by Crippen LogP contribution is 2.18. The molecule has 1 fully saturated rings. The Kier molecular flexibility index (Phi) is 3.38. The minimum Gasteiger partial charge on any atom is -0.380 e. The molecular weight excluding hydrogens is 252 g/mol. The highest BCUT2D eigenvalue weighted by atomic mass is 32.2. The Morgan fingerprint density at radius 1 is 1.50 bits per heavy atom. The van der Waals surface area contributed by atoms with Gasteiger partial charge in [-0.2, -0.15) is 0 Å². The van der Waals surface area contributed by atoms with Gasteiger partial charge in [0.05, 0.1) is 6.61 Å². The fourth-order valence-corrected chi connectivity index (χ4v) is 3.49. The number of nitrogens with zero attached hydrogens (tertiary/aromatic N) is 2. The van der Waals surface area contributed by atoms with E-state index in [-0.39, 0.29) is 15.5 Å². The van der Waals surface area contributed by atoms with Gasteiger partial charge in [0.1, 0.15) is 0 Å². The minimum atomic E-state index is -3.60. The molecule has 1 atom stereocenters. The summed E-state index contributed by atoms with van der Waals surface area (Å²) in [6.45, 7) is 1.08. The van der Waals surface area contributed by atoms with Crippen molar-refractivity contribution in [2.24, 2.45) is 0 Å². The predicted molar refractivity (Wildman–Crippen MR) is 58.5 cm³/mol. The zero-order chi connectivity index (χ0) is 11.6. The van der Waals surface area contributed by atoms with Crippen LogP contribution >= 0.6 is 11.3 Å². The topological polar surface area (TPSA) is 107 Å². The highest BCUT2D eigenvalue weighted by molar-refractivity contribution is 7.91.